The minimum atomic E-state index is -1.11. The van der Waals surface area contributed by atoms with Gasteiger partial charge in [0.15, 0.2) is 0 Å². The van der Waals surface area contributed by atoms with Gasteiger partial charge in [0.1, 0.15) is 5.54 Å². The van der Waals surface area contributed by atoms with Crippen molar-refractivity contribution in [1.82, 2.24) is 10.2 Å². The highest BCUT2D eigenvalue weighted by molar-refractivity contribution is 5.89. The Balaban J connectivity index is 1.63. The van der Waals surface area contributed by atoms with Crippen LogP contribution in [0.15, 0.2) is 0 Å². The predicted octanol–water partition coefficient (Wildman–Crippen LogP) is 1.93. The summed E-state index contributed by atoms with van der Waals surface area (Å²) >= 11 is 0. The molecule has 3 fully saturated rings. The van der Waals surface area contributed by atoms with E-state index in [1.54, 1.807) is 0 Å². The molecule has 1 aliphatic heterocycles. The number of aliphatic carboxylic acids is 1. The number of piperidine rings is 1. The molecule has 0 radical (unpaired) electrons. The van der Waals surface area contributed by atoms with Gasteiger partial charge in [-0.2, -0.15) is 0 Å². The molecule has 2 aliphatic carbocycles. The second kappa shape index (κ2) is 7.11. The lowest BCUT2D eigenvalue weighted by atomic mass is 9.88. The first-order chi connectivity index (χ1) is 11.5. The molecule has 0 bridgehead atoms. The van der Waals surface area contributed by atoms with Gasteiger partial charge in [-0.25, -0.2) is 4.79 Å². The highest BCUT2D eigenvalue weighted by atomic mass is 16.4. The van der Waals surface area contributed by atoms with Gasteiger partial charge in [0, 0.05) is 19.0 Å². The minimum Gasteiger partial charge on any atom is -0.480 e. The van der Waals surface area contributed by atoms with E-state index in [9.17, 15) is 19.5 Å². The second-order valence-corrected chi connectivity index (χ2v) is 7.69. The van der Waals surface area contributed by atoms with E-state index in [2.05, 4.69) is 5.32 Å². The molecule has 3 aliphatic rings. The molecule has 1 heterocycles. The zero-order valence-electron chi connectivity index (χ0n) is 14.3. The van der Waals surface area contributed by atoms with Gasteiger partial charge in [-0.3, -0.25) is 9.59 Å². The molecule has 3 rings (SSSR count). The summed E-state index contributed by atoms with van der Waals surface area (Å²) in [5.74, 6) is -1.04. The Morgan fingerprint density at radius 1 is 0.917 bits per heavy atom. The predicted molar refractivity (Wildman–Crippen MR) is 88.2 cm³/mol. The Morgan fingerprint density at radius 2 is 1.58 bits per heavy atom. The second-order valence-electron chi connectivity index (χ2n) is 7.69. The smallest absolute Gasteiger partial charge is 0.329 e. The Hall–Kier alpha value is -1.59. The molecule has 2 N–H and O–H groups in total. The lowest BCUT2D eigenvalue weighted by Crippen LogP contribution is -2.57. The maximum Gasteiger partial charge on any atom is 0.329 e. The van der Waals surface area contributed by atoms with Gasteiger partial charge < -0.3 is 15.3 Å². The summed E-state index contributed by atoms with van der Waals surface area (Å²) in [6, 6.07) is 0. The molecule has 0 aromatic rings. The van der Waals surface area contributed by atoms with E-state index in [1.165, 1.54) is 0 Å². The van der Waals surface area contributed by atoms with Crippen molar-refractivity contribution in [2.45, 2.75) is 69.7 Å². The van der Waals surface area contributed by atoms with E-state index in [1.807, 2.05) is 4.90 Å². The Labute approximate surface area is 143 Å². The summed E-state index contributed by atoms with van der Waals surface area (Å²) in [5.41, 5.74) is -1.11. The van der Waals surface area contributed by atoms with Crippen LogP contribution in [0.3, 0.4) is 0 Å². The molecule has 2 saturated carbocycles. The monoisotopic (exact) mass is 336 g/mol. The fourth-order valence-corrected chi connectivity index (χ4v) is 4.04. The van der Waals surface area contributed by atoms with Crippen LogP contribution >= 0.6 is 0 Å². The maximum atomic E-state index is 12.7. The van der Waals surface area contributed by atoms with Crippen LogP contribution < -0.4 is 5.32 Å². The first-order valence-electron chi connectivity index (χ1n) is 9.36. The number of amides is 2. The van der Waals surface area contributed by atoms with E-state index >= 15 is 0 Å². The topological polar surface area (TPSA) is 86.7 Å². The third-order valence-electron chi connectivity index (χ3n) is 5.76. The van der Waals surface area contributed by atoms with Crippen LogP contribution in [-0.4, -0.2) is 46.4 Å². The van der Waals surface area contributed by atoms with Gasteiger partial charge in [0.05, 0.1) is 5.92 Å². The number of rotatable bonds is 4. The standard InChI is InChI=1S/C18H28N2O4/c21-15(19-18(17(23)24)9-3-1-2-4-10-18)14-6-5-11-20(12-14)16(22)13-7-8-13/h13-14H,1-12H2,(H,19,21)(H,23,24). The number of carbonyl (C=O) groups excluding carboxylic acids is 2. The molecule has 1 saturated heterocycles. The largest absolute Gasteiger partial charge is 0.480 e. The number of hydrogen-bond donors (Lipinski definition) is 2. The van der Waals surface area contributed by atoms with Crippen molar-refractivity contribution < 1.29 is 19.5 Å². The van der Waals surface area contributed by atoms with Crippen molar-refractivity contribution in [3.05, 3.63) is 0 Å². The number of carboxylic acids is 1. The SMILES string of the molecule is O=C(NC1(C(=O)O)CCCCCC1)C1CCCN(C(=O)C2CC2)C1. The minimum absolute atomic E-state index is 0.166. The van der Waals surface area contributed by atoms with Crippen LogP contribution in [0, 0.1) is 11.8 Å². The highest BCUT2D eigenvalue weighted by Crippen LogP contribution is 2.33. The fraction of sp³-hybridized carbons (Fsp3) is 0.833. The zero-order chi connectivity index (χ0) is 17.2. The van der Waals surface area contributed by atoms with Crippen molar-refractivity contribution in [2.75, 3.05) is 13.1 Å². The Bertz CT molecular complexity index is 507. The number of nitrogens with one attached hydrogen (secondary N) is 1. The number of hydrogen-bond acceptors (Lipinski definition) is 3. The number of carbonyl (C=O) groups is 3. The lowest BCUT2D eigenvalue weighted by Gasteiger charge is -2.35. The molecule has 0 aromatic heterocycles. The summed E-state index contributed by atoms with van der Waals surface area (Å²) < 4.78 is 0. The van der Waals surface area contributed by atoms with Crippen LogP contribution in [0.25, 0.3) is 0 Å². The van der Waals surface area contributed by atoms with E-state index in [4.69, 9.17) is 0 Å². The van der Waals surface area contributed by atoms with Crippen molar-refractivity contribution in [2.24, 2.45) is 11.8 Å². The van der Waals surface area contributed by atoms with Gasteiger partial charge in [0.2, 0.25) is 11.8 Å². The fourth-order valence-electron chi connectivity index (χ4n) is 4.04. The molecular formula is C18H28N2O4. The van der Waals surface area contributed by atoms with Crippen LogP contribution in [0.5, 0.6) is 0 Å². The Morgan fingerprint density at radius 3 is 2.17 bits per heavy atom. The first kappa shape index (κ1) is 17.2. The summed E-state index contributed by atoms with van der Waals surface area (Å²) in [7, 11) is 0. The third kappa shape index (κ3) is 3.73. The lowest BCUT2D eigenvalue weighted by molar-refractivity contribution is -0.150. The van der Waals surface area contributed by atoms with Gasteiger partial charge in [-0.05, 0) is 38.5 Å². The van der Waals surface area contributed by atoms with Gasteiger partial charge in [-0.15, -0.1) is 0 Å². The Kier molecular flexibility index (Phi) is 5.11. The number of nitrogens with zero attached hydrogens (tertiary/aromatic N) is 1. The first-order valence-corrected chi connectivity index (χ1v) is 9.36. The number of likely N-dealkylation sites (tertiary alicyclic amines) is 1. The molecule has 6 heteroatoms. The highest BCUT2D eigenvalue weighted by Gasteiger charge is 2.42. The van der Waals surface area contributed by atoms with Crippen LogP contribution in [0.1, 0.15) is 64.2 Å². The van der Waals surface area contributed by atoms with E-state index < -0.39 is 11.5 Å². The third-order valence-corrected chi connectivity index (χ3v) is 5.76. The maximum absolute atomic E-state index is 12.7. The van der Waals surface area contributed by atoms with Crippen molar-refractivity contribution in [3.63, 3.8) is 0 Å². The average Bonchev–Trinajstić information content (AvgIpc) is 3.42. The zero-order valence-corrected chi connectivity index (χ0v) is 14.3. The molecule has 1 atom stereocenters. The van der Waals surface area contributed by atoms with Crippen LogP contribution in [-0.2, 0) is 14.4 Å². The summed E-state index contributed by atoms with van der Waals surface area (Å²) in [6.45, 7) is 1.17. The molecule has 134 valence electrons. The van der Waals surface area contributed by atoms with Crippen molar-refractivity contribution in [1.29, 1.82) is 0 Å². The molecule has 2 amide bonds. The van der Waals surface area contributed by atoms with E-state index in [0.29, 0.717) is 19.4 Å². The molecular weight excluding hydrogens is 308 g/mol. The summed E-state index contributed by atoms with van der Waals surface area (Å²) in [5, 5.41) is 12.6. The average molecular weight is 336 g/mol. The van der Waals surface area contributed by atoms with Crippen LogP contribution in [0.2, 0.25) is 0 Å². The number of carboxylic acid groups (broad SMARTS) is 1. The molecule has 0 aromatic carbocycles. The van der Waals surface area contributed by atoms with Gasteiger partial charge in [-0.1, -0.05) is 25.7 Å². The van der Waals surface area contributed by atoms with E-state index in [0.717, 1.165) is 57.9 Å². The quantitative estimate of drug-likeness (QED) is 0.768. The van der Waals surface area contributed by atoms with Gasteiger partial charge in [0.25, 0.3) is 0 Å². The van der Waals surface area contributed by atoms with E-state index in [-0.39, 0.29) is 23.7 Å². The van der Waals surface area contributed by atoms with Crippen molar-refractivity contribution in [3.8, 4) is 0 Å². The molecule has 24 heavy (non-hydrogen) atoms. The van der Waals surface area contributed by atoms with Gasteiger partial charge >= 0.3 is 5.97 Å². The van der Waals surface area contributed by atoms with Crippen LogP contribution in [0.4, 0.5) is 0 Å². The molecule has 6 nitrogen and oxygen atoms in total. The molecule has 1 unspecified atom stereocenters. The summed E-state index contributed by atoms with van der Waals surface area (Å²) in [4.78, 5) is 38.6. The van der Waals surface area contributed by atoms with Crippen molar-refractivity contribution >= 4 is 17.8 Å². The summed E-state index contributed by atoms with van der Waals surface area (Å²) in [6.07, 6.45) is 8.22. The normalized spacial score (nSPS) is 27.2. The molecule has 0 spiro atoms.